The predicted octanol–water partition coefficient (Wildman–Crippen LogP) is 7.03. The monoisotopic (exact) mass is 472 g/mol. The van der Waals surface area contributed by atoms with E-state index in [-0.39, 0.29) is 5.91 Å². The number of aromatic nitrogens is 1. The fourth-order valence-electron chi connectivity index (χ4n) is 3.56. The van der Waals surface area contributed by atoms with Gasteiger partial charge in [0.1, 0.15) is 0 Å². The molecule has 1 aromatic heterocycles. The summed E-state index contributed by atoms with van der Waals surface area (Å²) in [4.78, 5) is 18.0. The number of nitrogens with one attached hydrogen (secondary N) is 1. The molecular weight excluding hydrogens is 448 g/mol. The lowest BCUT2D eigenvalue weighted by molar-refractivity contribution is 0.0952. The van der Waals surface area contributed by atoms with Gasteiger partial charge in [0.25, 0.3) is 5.91 Å². The minimum Gasteiger partial charge on any atom is -0.348 e. The summed E-state index contributed by atoms with van der Waals surface area (Å²) in [6, 6.07) is 24.4. The predicted molar refractivity (Wildman–Crippen MR) is 131 cm³/mol. The van der Waals surface area contributed by atoms with Gasteiger partial charge >= 0.3 is 0 Å². The average molecular weight is 473 g/mol. The van der Waals surface area contributed by atoms with Gasteiger partial charge in [-0.3, -0.25) is 4.79 Å². The highest BCUT2D eigenvalue weighted by Crippen LogP contribution is 2.28. The number of benzene rings is 3. The second-order valence-corrected chi connectivity index (χ2v) is 9.08. The number of pyridine rings is 1. The molecule has 1 N–H and O–H groups in total. The second kappa shape index (κ2) is 9.03. The van der Waals surface area contributed by atoms with Gasteiger partial charge in [-0.1, -0.05) is 83.9 Å². The maximum absolute atomic E-state index is 13.2. The molecule has 0 saturated heterocycles. The summed E-state index contributed by atoms with van der Waals surface area (Å²) in [6.07, 6.45) is 0. The minimum absolute atomic E-state index is 0.105. The molecule has 0 aliphatic carbocycles. The molecule has 0 aliphatic rings. The third kappa shape index (κ3) is 4.86. The van der Waals surface area contributed by atoms with Gasteiger partial charge in [0.2, 0.25) is 0 Å². The van der Waals surface area contributed by atoms with Gasteiger partial charge in [0.05, 0.1) is 16.8 Å². The summed E-state index contributed by atoms with van der Waals surface area (Å²) in [5.74, 6) is 0.366. The van der Waals surface area contributed by atoms with Crippen LogP contribution in [0.3, 0.4) is 0 Å². The molecule has 0 aliphatic heterocycles. The zero-order chi connectivity index (χ0) is 22.0. The second-order valence-electron chi connectivity index (χ2n) is 8.16. The molecule has 1 amide bonds. The Balaban J connectivity index is 1.70. The number of fused-ring (bicyclic) bond motifs is 1. The smallest absolute Gasteiger partial charge is 0.252 e. The maximum atomic E-state index is 13.2. The molecule has 3 aromatic carbocycles. The molecule has 4 rings (SSSR count). The van der Waals surface area contributed by atoms with Gasteiger partial charge in [0.15, 0.2) is 0 Å². The maximum Gasteiger partial charge on any atom is 0.252 e. The van der Waals surface area contributed by atoms with E-state index < -0.39 is 0 Å². The summed E-state index contributed by atoms with van der Waals surface area (Å²) < 4.78 is 0.920. The first kappa shape index (κ1) is 21.3. The van der Waals surface area contributed by atoms with Crippen molar-refractivity contribution < 1.29 is 4.79 Å². The standard InChI is InChI=1S/C27H25BrN2O/c1-17(2)20-8-10-21(11-9-20)26-15-24(23-14-22(28)12-13-25(23)30-26)27(31)29-16-19-6-4-18(3)5-7-19/h4-15,17H,16H2,1-3H3,(H,29,31). The molecular formula is C27H25BrN2O. The molecule has 0 bridgehead atoms. The van der Waals surface area contributed by atoms with Crippen molar-refractivity contribution in [2.24, 2.45) is 0 Å². The average Bonchev–Trinajstić information content (AvgIpc) is 2.78. The fraction of sp³-hybridized carbons (Fsp3) is 0.185. The number of hydrogen-bond donors (Lipinski definition) is 1. The first-order chi connectivity index (χ1) is 14.9. The quantitative estimate of drug-likeness (QED) is 0.338. The molecule has 0 spiro atoms. The van der Waals surface area contributed by atoms with Crippen LogP contribution >= 0.6 is 15.9 Å². The molecule has 0 saturated carbocycles. The molecule has 1 heterocycles. The van der Waals surface area contributed by atoms with Gasteiger partial charge in [-0.2, -0.15) is 0 Å². The van der Waals surface area contributed by atoms with E-state index in [1.54, 1.807) is 0 Å². The van der Waals surface area contributed by atoms with Crippen molar-refractivity contribution in [3.05, 3.63) is 99.5 Å². The lowest BCUT2D eigenvalue weighted by Gasteiger charge is -2.12. The van der Waals surface area contributed by atoms with Crippen LogP contribution in [-0.2, 0) is 6.54 Å². The molecule has 0 fully saturated rings. The topological polar surface area (TPSA) is 42.0 Å². The number of amides is 1. The van der Waals surface area contributed by atoms with Crippen LogP contribution in [-0.4, -0.2) is 10.9 Å². The zero-order valence-electron chi connectivity index (χ0n) is 17.9. The summed E-state index contributed by atoms with van der Waals surface area (Å²) in [5, 5.41) is 3.90. The van der Waals surface area contributed by atoms with Crippen molar-refractivity contribution in [2.45, 2.75) is 33.2 Å². The van der Waals surface area contributed by atoms with Crippen LogP contribution in [0, 0.1) is 6.92 Å². The molecule has 156 valence electrons. The van der Waals surface area contributed by atoms with E-state index in [0.717, 1.165) is 32.2 Å². The van der Waals surface area contributed by atoms with Crippen LogP contribution in [0.15, 0.2) is 77.3 Å². The van der Waals surface area contributed by atoms with E-state index in [2.05, 4.69) is 78.4 Å². The van der Waals surface area contributed by atoms with Crippen molar-refractivity contribution in [1.82, 2.24) is 10.3 Å². The van der Waals surface area contributed by atoms with Crippen LogP contribution in [0.1, 0.15) is 46.8 Å². The van der Waals surface area contributed by atoms with E-state index in [1.165, 1.54) is 11.1 Å². The van der Waals surface area contributed by atoms with Crippen LogP contribution in [0.2, 0.25) is 0 Å². The molecule has 31 heavy (non-hydrogen) atoms. The molecule has 4 aromatic rings. The Morgan fingerprint density at radius 3 is 2.35 bits per heavy atom. The number of aryl methyl sites for hydroxylation is 1. The molecule has 3 nitrogen and oxygen atoms in total. The lowest BCUT2D eigenvalue weighted by Crippen LogP contribution is -2.23. The SMILES string of the molecule is Cc1ccc(CNC(=O)c2cc(-c3ccc(C(C)C)cc3)nc3ccc(Br)cc23)cc1. The minimum atomic E-state index is -0.105. The highest BCUT2D eigenvalue weighted by Gasteiger charge is 2.15. The van der Waals surface area contributed by atoms with Crippen LogP contribution in [0.4, 0.5) is 0 Å². The highest BCUT2D eigenvalue weighted by atomic mass is 79.9. The Morgan fingerprint density at radius 1 is 0.968 bits per heavy atom. The number of nitrogens with zero attached hydrogens (tertiary/aromatic N) is 1. The van der Waals surface area contributed by atoms with Gasteiger partial charge < -0.3 is 5.32 Å². The van der Waals surface area contributed by atoms with Gasteiger partial charge in [0, 0.05) is 22.0 Å². The van der Waals surface area contributed by atoms with Crippen molar-refractivity contribution in [1.29, 1.82) is 0 Å². The van der Waals surface area contributed by atoms with Gasteiger partial charge in [-0.25, -0.2) is 4.98 Å². The van der Waals surface area contributed by atoms with E-state index in [0.29, 0.717) is 18.0 Å². The molecule has 0 unspecified atom stereocenters. The fourth-order valence-corrected chi connectivity index (χ4v) is 3.92. The summed E-state index contributed by atoms with van der Waals surface area (Å²) in [6.45, 7) is 6.89. The summed E-state index contributed by atoms with van der Waals surface area (Å²) in [7, 11) is 0. The third-order valence-corrected chi connectivity index (χ3v) is 5.96. The number of hydrogen-bond acceptors (Lipinski definition) is 2. The van der Waals surface area contributed by atoms with Crippen molar-refractivity contribution >= 4 is 32.7 Å². The van der Waals surface area contributed by atoms with E-state index >= 15 is 0 Å². The molecule has 4 heteroatoms. The van der Waals surface area contributed by atoms with Gasteiger partial charge in [-0.15, -0.1) is 0 Å². The molecule has 0 radical (unpaired) electrons. The van der Waals surface area contributed by atoms with Crippen LogP contribution in [0.25, 0.3) is 22.2 Å². The number of halogens is 1. The summed E-state index contributed by atoms with van der Waals surface area (Å²) in [5.41, 5.74) is 6.78. The first-order valence-corrected chi connectivity index (χ1v) is 11.2. The Labute approximate surface area is 191 Å². The molecule has 0 atom stereocenters. The lowest BCUT2D eigenvalue weighted by atomic mass is 9.99. The Morgan fingerprint density at radius 2 is 1.68 bits per heavy atom. The zero-order valence-corrected chi connectivity index (χ0v) is 19.5. The van der Waals surface area contributed by atoms with Gasteiger partial charge in [-0.05, 0) is 48.2 Å². The largest absolute Gasteiger partial charge is 0.348 e. The van der Waals surface area contributed by atoms with E-state index in [4.69, 9.17) is 4.98 Å². The number of carbonyl (C=O) groups is 1. The normalized spacial score (nSPS) is 11.1. The Bertz CT molecular complexity index is 1230. The Hall–Kier alpha value is -2.98. The van der Waals surface area contributed by atoms with E-state index in [1.807, 2.05) is 36.4 Å². The van der Waals surface area contributed by atoms with Crippen molar-refractivity contribution in [3.8, 4) is 11.3 Å². The van der Waals surface area contributed by atoms with Crippen molar-refractivity contribution in [3.63, 3.8) is 0 Å². The highest BCUT2D eigenvalue weighted by molar-refractivity contribution is 9.10. The third-order valence-electron chi connectivity index (χ3n) is 5.46. The first-order valence-electron chi connectivity index (χ1n) is 10.4. The number of rotatable bonds is 5. The summed E-state index contributed by atoms with van der Waals surface area (Å²) >= 11 is 3.52. The Kier molecular flexibility index (Phi) is 6.19. The van der Waals surface area contributed by atoms with Crippen molar-refractivity contribution in [2.75, 3.05) is 0 Å². The van der Waals surface area contributed by atoms with E-state index in [9.17, 15) is 4.79 Å². The number of carbonyl (C=O) groups excluding carboxylic acids is 1. The van der Waals surface area contributed by atoms with Crippen LogP contribution in [0.5, 0.6) is 0 Å². The van der Waals surface area contributed by atoms with Crippen LogP contribution < -0.4 is 5.32 Å².